The molecule has 1 saturated heterocycles. The lowest BCUT2D eigenvalue weighted by atomic mass is 9.86. The number of benzene rings is 1. The summed E-state index contributed by atoms with van der Waals surface area (Å²) in [6.45, 7) is 8.38. The van der Waals surface area contributed by atoms with Crippen LogP contribution in [-0.4, -0.2) is 50.7 Å². The van der Waals surface area contributed by atoms with Gasteiger partial charge >= 0.3 is 6.03 Å². The number of carbonyl (C=O) groups excluding carboxylic acids is 1. The number of rotatable bonds is 7. The fraction of sp³-hybridized carbons (Fsp3) is 0.650. The Bertz CT molecular complexity index is 703. The monoisotopic (exact) mass is 395 g/mol. The van der Waals surface area contributed by atoms with E-state index >= 15 is 0 Å². The average molecular weight is 396 g/mol. The first-order valence-electron chi connectivity index (χ1n) is 9.77. The SMILES string of the molecule is CC(C)(C)c1ccc(CCNC(=O)NCCS(=O)(=O)N2CCCCC2)cc1. The molecule has 2 rings (SSSR count). The number of urea groups is 1. The van der Waals surface area contributed by atoms with Crippen molar-refractivity contribution in [3.63, 3.8) is 0 Å². The predicted molar refractivity (Wildman–Crippen MR) is 109 cm³/mol. The van der Waals surface area contributed by atoms with Crippen molar-refractivity contribution in [2.75, 3.05) is 31.9 Å². The maximum atomic E-state index is 12.2. The van der Waals surface area contributed by atoms with Crippen LogP contribution in [0.1, 0.15) is 51.2 Å². The first kappa shape index (κ1) is 21.7. The molecular formula is C20H33N3O3S. The van der Waals surface area contributed by atoms with Crippen molar-refractivity contribution in [3.8, 4) is 0 Å². The Balaban J connectivity index is 1.66. The summed E-state index contributed by atoms with van der Waals surface area (Å²) >= 11 is 0. The summed E-state index contributed by atoms with van der Waals surface area (Å²) < 4.78 is 26.0. The Kier molecular flexibility index (Phi) is 7.68. The van der Waals surface area contributed by atoms with Gasteiger partial charge in [-0.2, -0.15) is 0 Å². The van der Waals surface area contributed by atoms with Crippen LogP contribution >= 0.6 is 0 Å². The fourth-order valence-electron chi connectivity index (χ4n) is 3.12. The van der Waals surface area contributed by atoms with Crippen LogP contribution in [0.5, 0.6) is 0 Å². The molecule has 1 fully saturated rings. The quantitative estimate of drug-likeness (QED) is 0.745. The van der Waals surface area contributed by atoms with Crippen molar-refractivity contribution < 1.29 is 13.2 Å². The molecule has 1 aromatic rings. The van der Waals surface area contributed by atoms with Gasteiger partial charge in [-0.1, -0.05) is 51.5 Å². The molecule has 0 saturated carbocycles. The molecule has 0 radical (unpaired) electrons. The molecule has 2 N–H and O–H groups in total. The third kappa shape index (κ3) is 7.14. The van der Waals surface area contributed by atoms with Gasteiger partial charge in [0, 0.05) is 26.2 Å². The molecule has 1 aromatic carbocycles. The smallest absolute Gasteiger partial charge is 0.314 e. The number of piperidine rings is 1. The Morgan fingerprint density at radius 1 is 1.00 bits per heavy atom. The highest BCUT2D eigenvalue weighted by Gasteiger charge is 2.23. The molecule has 27 heavy (non-hydrogen) atoms. The molecular weight excluding hydrogens is 362 g/mol. The van der Waals surface area contributed by atoms with Gasteiger partial charge < -0.3 is 10.6 Å². The summed E-state index contributed by atoms with van der Waals surface area (Å²) in [6, 6.07) is 8.11. The van der Waals surface area contributed by atoms with Gasteiger partial charge in [-0.05, 0) is 35.8 Å². The number of hydrogen-bond acceptors (Lipinski definition) is 3. The van der Waals surface area contributed by atoms with Crippen LogP contribution in [-0.2, 0) is 21.9 Å². The first-order valence-corrected chi connectivity index (χ1v) is 11.4. The summed E-state index contributed by atoms with van der Waals surface area (Å²) in [5, 5.41) is 5.42. The Hall–Kier alpha value is -1.60. The van der Waals surface area contributed by atoms with Crippen LogP contribution in [0.3, 0.4) is 0 Å². The zero-order valence-corrected chi connectivity index (χ0v) is 17.6. The van der Waals surface area contributed by atoms with E-state index in [4.69, 9.17) is 0 Å². The molecule has 0 bridgehead atoms. The summed E-state index contributed by atoms with van der Waals surface area (Å²) in [5.41, 5.74) is 2.58. The normalized spacial score (nSPS) is 16.1. The minimum absolute atomic E-state index is 0.0469. The lowest BCUT2D eigenvalue weighted by Gasteiger charge is -2.25. The van der Waals surface area contributed by atoms with Gasteiger partial charge in [0.25, 0.3) is 0 Å². The second-order valence-corrected chi connectivity index (χ2v) is 10.2. The summed E-state index contributed by atoms with van der Waals surface area (Å²) in [5.74, 6) is -0.0469. The van der Waals surface area contributed by atoms with E-state index in [0.717, 1.165) is 31.2 Å². The third-order valence-corrected chi connectivity index (χ3v) is 6.75. The van der Waals surface area contributed by atoms with Crippen LogP contribution in [0.4, 0.5) is 4.79 Å². The minimum atomic E-state index is -3.27. The van der Waals surface area contributed by atoms with Crippen molar-refractivity contribution in [3.05, 3.63) is 35.4 Å². The zero-order chi connectivity index (χ0) is 19.9. The van der Waals surface area contributed by atoms with E-state index in [9.17, 15) is 13.2 Å². The number of nitrogens with zero attached hydrogens (tertiary/aromatic N) is 1. The molecule has 0 atom stereocenters. The number of hydrogen-bond donors (Lipinski definition) is 2. The van der Waals surface area contributed by atoms with E-state index in [1.54, 1.807) is 0 Å². The summed E-state index contributed by atoms with van der Waals surface area (Å²) in [6.07, 6.45) is 3.67. The van der Waals surface area contributed by atoms with E-state index in [-0.39, 0.29) is 23.7 Å². The standard InChI is InChI=1S/C20H33N3O3S/c1-20(2,3)18-9-7-17(8-10-18)11-12-21-19(24)22-13-16-27(25,26)23-14-5-4-6-15-23/h7-10H,4-6,11-16H2,1-3H3,(H2,21,22,24). The Morgan fingerprint density at radius 3 is 2.19 bits per heavy atom. The first-order chi connectivity index (χ1) is 12.7. The van der Waals surface area contributed by atoms with Gasteiger partial charge in [0.2, 0.25) is 10.0 Å². The van der Waals surface area contributed by atoms with Crippen LogP contribution in [0, 0.1) is 0 Å². The van der Waals surface area contributed by atoms with Gasteiger partial charge in [0.15, 0.2) is 0 Å². The third-order valence-electron chi connectivity index (χ3n) is 4.87. The van der Waals surface area contributed by atoms with Gasteiger partial charge in [-0.3, -0.25) is 0 Å². The zero-order valence-electron chi connectivity index (χ0n) is 16.8. The van der Waals surface area contributed by atoms with E-state index < -0.39 is 10.0 Å². The molecule has 7 heteroatoms. The van der Waals surface area contributed by atoms with Crippen LogP contribution < -0.4 is 10.6 Å². The minimum Gasteiger partial charge on any atom is -0.338 e. The van der Waals surface area contributed by atoms with Crippen molar-refractivity contribution in [2.45, 2.75) is 51.9 Å². The van der Waals surface area contributed by atoms with E-state index in [1.807, 2.05) is 0 Å². The fourth-order valence-corrected chi connectivity index (χ4v) is 4.55. The summed E-state index contributed by atoms with van der Waals surface area (Å²) in [4.78, 5) is 11.9. The Labute approximate surface area is 163 Å². The van der Waals surface area contributed by atoms with Crippen molar-refractivity contribution >= 4 is 16.1 Å². The lowest BCUT2D eigenvalue weighted by molar-refractivity contribution is 0.241. The van der Waals surface area contributed by atoms with E-state index in [0.29, 0.717) is 19.6 Å². The molecule has 152 valence electrons. The van der Waals surface area contributed by atoms with E-state index in [2.05, 4.69) is 55.7 Å². The number of amides is 2. The van der Waals surface area contributed by atoms with Crippen molar-refractivity contribution in [1.29, 1.82) is 0 Å². The van der Waals surface area contributed by atoms with Crippen LogP contribution in [0.2, 0.25) is 0 Å². The highest BCUT2D eigenvalue weighted by atomic mass is 32.2. The van der Waals surface area contributed by atoms with Gasteiger partial charge in [-0.25, -0.2) is 17.5 Å². The maximum absolute atomic E-state index is 12.2. The number of nitrogens with one attached hydrogen (secondary N) is 2. The highest BCUT2D eigenvalue weighted by molar-refractivity contribution is 7.89. The number of sulfonamides is 1. The lowest BCUT2D eigenvalue weighted by Crippen LogP contribution is -2.42. The molecule has 1 aliphatic heterocycles. The number of carbonyl (C=O) groups is 1. The average Bonchev–Trinajstić information content (AvgIpc) is 2.62. The largest absolute Gasteiger partial charge is 0.338 e. The van der Waals surface area contributed by atoms with Crippen LogP contribution in [0.15, 0.2) is 24.3 Å². The van der Waals surface area contributed by atoms with E-state index in [1.165, 1.54) is 9.87 Å². The van der Waals surface area contributed by atoms with Gasteiger partial charge in [0.05, 0.1) is 5.75 Å². The molecule has 0 aliphatic carbocycles. The molecule has 1 aliphatic rings. The molecule has 0 aromatic heterocycles. The van der Waals surface area contributed by atoms with Gasteiger partial charge in [-0.15, -0.1) is 0 Å². The summed E-state index contributed by atoms with van der Waals surface area (Å²) in [7, 11) is -3.27. The molecule has 2 amide bonds. The molecule has 0 unspecified atom stereocenters. The predicted octanol–water partition coefficient (Wildman–Crippen LogP) is 2.64. The molecule has 6 nitrogen and oxygen atoms in total. The van der Waals surface area contributed by atoms with Crippen molar-refractivity contribution in [2.24, 2.45) is 0 Å². The van der Waals surface area contributed by atoms with Crippen LogP contribution in [0.25, 0.3) is 0 Å². The molecule has 1 heterocycles. The second kappa shape index (κ2) is 9.55. The maximum Gasteiger partial charge on any atom is 0.314 e. The highest BCUT2D eigenvalue weighted by Crippen LogP contribution is 2.22. The molecule has 0 spiro atoms. The topological polar surface area (TPSA) is 78.5 Å². The van der Waals surface area contributed by atoms with Crippen molar-refractivity contribution in [1.82, 2.24) is 14.9 Å². The Morgan fingerprint density at radius 2 is 1.59 bits per heavy atom. The second-order valence-electron chi connectivity index (χ2n) is 8.16. The van der Waals surface area contributed by atoms with Gasteiger partial charge in [0.1, 0.15) is 0 Å².